The maximum absolute atomic E-state index is 12.6. The van der Waals surface area contributed by atoms with Gasteiger partial charge in [-0.3, -0.25) is 19.5 Å². The van der Waals surface area contributed by atoms with Crippen LogP contribution in [0.1, 0.15) is 18.7 Å². The van der Waals surface area contributed by atoms with Crippen LogP contribution in [0, 0.1) is 5.92 Å². The standard InChI is InChI=1S/C17H18N6O3S2/c24-14(9-23-15(25)10-28-17(23)27)22-5-1-2-11(8-22)6-13-20-16(21-26-13)12-7-18-3-4-19-12/h3-4,7,11H,1-2,5-6,8-10H2. The average Bonchev–Trinajstić information content (AvgIpc) is 3.31. The van der Waals surface area contributed by atoms with E-state index in [1.165, 1.54) is 16.7 Å². The van der Waals surface area contributed by atoms with Gasteiger partial charge < -0.3 is 9.42 Å². The molecule has 0 N–H and O–H groups in total. The molecule has 2 aromatic rings. The molecule has 2 fully saturated rings. The Morgan fingerprint density at radius 1 is 1.39 bits per heavy atom. The van der Waals surface area contributed by atoms with Crippen LogP contribution in [-0.4, -0.2) is 71.4 Å². The highest BCUT2D eigenvalue weighted by molar-refractivity contribution is 8.23. The molecule has 0 aliphatic carbocycles. The van der Waals surface area contributed by atoms with Crippen LogP contribution in [0.25, 0.3) is 11.5 Å². The van der Waals surface area contributed by atoms with Gasteiger partial charge in [-0.2, -0.15) is 4.98 Å². The van der Waals surface area contributed by atoms with Gasteiger partial charge in [0, 0.05) is 31.9 Å². The number of thiocarbonyl (C=S) groups is 1. The van der Waals surface area contributed by atoms with E-state index in [1.807, 2.05) is 0 Å². The average molecular weight is 419 g/mol. The van der Waals surface area contributed by atoms with Gasteiger partial charge in [-0.1, -0.05) is 29.1 Å². The van der Waals surface area contributed by atoms with Crippen molar-refractivity contribution in [3.05, 3.63) is 24.5 Å². The first kappa shape index (κ1) is 18.9. The summed E-state index contributed by atoms with van der Waals surface area (Å²) in [5.74, 6) is 1.30. The Kier molecular flexibility index (Phi) is 5.62. The fourth-order valence-electron chi connectivity index (χ4n) is 3.33. The number of hydrogen-bond acceptors (Lipinski definition) is 9. The first-order valence-electron chi connectivity index (χ1n) is 8.94. The summed E-state index contributed by atoms with van der Waals surface area (Å²) in [5, 5.41) is 3.96. The molecule has 0 spiro atoms. The molecular weight excluding hydrogens is 400 g/mol. The van der Waals surface area contributed by atoms with E-state index >= 15 is 0 Å². The van der Waals surface area contributed by atoms with Gasteiger partial charge >= 0.3 is 0 Å². The predicted octanol–water partition coefficient (Wildman–Crippen LogP) is 1.17. The zero-order valence-electron chi connectivity index (χ0n) is 15.0. The Morgan fingerprint density at radius 2 is 2.29 bits per heavy atom. The van der Waals surface area contributed by atoms with Gasteiger partial charge in [0.1, 0.15) is 16.6 Å². The second-order valence-corrected chi connectivity index (χ2v) is 8.30. The van der Waals surface area contributed by atoms with Crippen molar-refractivity contribution in [1.29, 1.82) is 0 Å². The normalized spacial score (nSPS) is 20.1. The lowest BCUT2D eigenvalue weighted by Gasteiger charge is -2.33. The molecule has 0 bridgehead atoms. The summed E-state index contributed by atoms with van der Waals surface area (Å²) >= 11 is 6.45. The fraction of sp³-hybridized carbons (Fsp3) is 0.471. The largest absolute Gasteiger partial charge is 0.341 e. The van der Waals surface area contributed by atoms with Crippen LogP contribution in [-0.2, 0) is 16.0 Å². The highest BCUT2D eigenvalue weighted by Crippen LogP contribution is 2.23. The molecule has 2 saturated heterocycles. The number of likely N-dealkylation sites (tertiary alicyclic amines) is 1. The number of carbonyl (C=O) groups excluding carboxylic acids is 2. The fourth-order valence-corrected chi connectivity index (χ4v) is 4.40. The third kappa shape index (κ3) is 4.20. The Morgan fingerprint density at radius 3 is 3.04 bits per heavy atom. The lowest BCUT2D eigenvalue weighted by molar-refractivity contribution is -0.137. The van der Waals surface area contributed by atoms with Gasteiger partial charge in [0.25, 0.3) is 0 Å². The van der Waals surface area contributed by atoms with E-state index in [0.717, 1.165) is 12.8 Å². The highest BCUT2D eigenvalue weighted by atomic mass is 32.2. The third-order valence-corrected chi connectivity index (χ3v) is 6.16. The number of nitrogens with zero attached hydrogens (tertiary/aromatic N) is 6. The molecular formula is C17H18N6O3S2. The molecule has 2 aliphatic rings. The number of rotatable bonds is 5. The van der Waals surface area contributed by atoms with Crippen molar-refractivity contribution in [2.75, 3.05) is 25.4 Å². The van der Waals surface area contributed by atoms with Crippen molar-refractivity contribution in [3.8, 4) is 11.5 Å². The molecule has 2 amide bonds. The topological polar surface area (TPSA) is 105 Å². The molecule has 28 heavy (non-hydrogen) atoms. The van der Waals surface area contributed by atoms with Gasteiger partial charge in [-0.05, 0) is 18.8 Å². The van der Waals surface area contributed by atoms with Crippen LogP contribution in [0.3, 0.4) is 0 Å². The molecule has 0 aromatic carbocycles. The molecule has 4 rings (SSSR count). The smallest absolute Gasteiger partial charge is 0.242 e. The van der Waals surface area contributed by atoms with Crippen molar-refractivity contribution in [2.45, 2.75) is 19.3 Å². The molecule has 2 aromatic heterocycles. The van der Waals surface area contributed by atoms with Crippen molar-refractivity contribution in [3.63, 3.8) is 0 Å². The van der Waals surface area contributed by atoms with Crippen LogP contribution in [0.5, 0.6) is 0 Å². The number of piperidine rings is 1. The molecule has 4 heterocycles. The number of amides is 2. The summed E-state index contributed by atoms with van der Waals surface area (Å²) in [6, 6.07) is 0. The quantitative estimate of drug-likeness (QED) is 0.662. The molecule has 2 aliphatic heterocycles. The van der Waals surface area contributed by atoms with Crippen LogP contribution >= 0.6 is 24.0 Å². The highest BCUT2D eigenvalue weighted by Gasteiger charge is 2.32. The Labute approximate surface area is 170 Å². The Balaban J connectivity index is 1.35. The Bertz CT molecular complexity index is 874. The van der Waals surface area contributed by atoms with Crippen molar-refractivity contribution in [1.82, 2.24) is 29.9 Å². The van der Waals surface area contributed by atoms with Crippen molar-refractivity contribution >= 4 is 40.1 Å². The van der Waals surface area contributed by atoms with E-state index in [0.29, 0.717) is 47.0 Å². The number of hydrogen-bond donors (Lipinski definition) is 0. The Hall–Kier alpha value is -2.40. The zero-order chi connectivity index (χ0) is 19.5. The predicted molar refractivity (Wildman–Crippen MR) is 105 cm³/mol. The molecule has 1 unspecified atom stereocenters. The third-order valence-electron chi connectivity index (χ3n) is 4.73. The second-order valence-electron chi connectivity index (χ2n) is 6.69. The maximum Gasteiger partial charge on any atom is 0.242 e. The minimum absolute atomic E-state index is 0.0226. The molecule has 146 valence electrons. The minimum atomic E-state index is -0.0979. The molecule has 9 nitrogen and oxygen atoms in total. The first-order chi connectivity index (χ1) is 13.6. The van der Waals surface area contributed by atoms with E-state index in [2.05, 4.69) is 20.1 Å². The molecule has 11 heteroatoms. The SMILES string of the molecule is O=C(CN1C(=O)CSC1=S)N1CCCC(Cc2nc(-c3cnccn3)no2)C1. The number of thioether (sulfide) groups is 1. The summed E-state index contributed by atoms with van der Waals surface area (Å²) < 4.78 is 5.83. The lowest BCUT2D eigenvalue weighted by Crippen LogP contribution is -2.46. The molecule has 0 saturated carbocycles. The van der Waals surface area contributed by atoms with E-state index in [-0.39, 0.29) is 24.3 Å². The van der Waals surface area contributed by atoms with Crippen molar-refractivity contribution in [2.24, 2.45) is 5.92 Å². The van der Waals surface area contributed by atoms with Gasteiger partial charge in [0.05, 0.1) is 11.9 Å². The number of carbonyl (C=O) groups is 2. The summed E-state index contributed by atoms with van der Waals surface area (Å²) in [5.41, 5.74) is 0.557. The summed E-state index contributed by atoms with van der Waals surface area (Å²) in [6.45, 7) is 1.31. The maximum atomic E-state index is 12.6. The summed E-state index contributed by atoms with van der Waals surface area (Å²) in [4.78, 5) is 40.2. The minimum Gasteiger partial charge on any atom is -0.341 e. The van der Waals surface area contributed by atoms with Gasteiger partial charge in [0.15, 0.2) is 0 Å². The van der Waals surface area contributed by atoms with Crippen LogP contribution < -0.4 is 0 Å². The summed E-state index contributed by atoms with van der Waals surface area (Å²) in [6.07, 6.45) is 7.20. The zero-order valence-corrected chi connectivity index (χ0v) is 16.6. The van der Waals surface area contributed by atoms with E-state index < -0.39 is 0 Å². The van der Waals surface area contributed by atoms with Gasteiger partial charge in [0.2, 0.25) is 23.5 Å². The van der Waals surface area contributed by atoms with E-state index in [9.17, 15) is 9.59 Å². The van der Waals surface area contributed by atoms with Crippen LogP contribution in [0.2, 0.25) is 0 Å². The lowest BCUT2D eigenvalue weighted by atomic mass is 9.94. The second kappa shape index (κ2) is 8.31. The van der Waals surface area contributed by atoms with Crippen molar-refractivity contribution < 1.29 is 14.1 Å². The monoisotopic (exact) mass is 418 g/mol. The summed E-state index contributed by atoms with van der Waals surface area (Å²) in [7, 11) is 0. The number of aromatic nitrogens is 4. The van der Waals surface area contributed by atoms with Crippen LogP contribution in [0.4, 0.5) is 0 Å². The van der Waals surface area contributed by atoms with Crippen LogP contribution in [0.15, 0.2) is 23.1 Å². The van der Waals surface area contributed by atoms with E-state index in [1.54, 1.807) is 23.5 Å². The van der Waals surface area contributed by atoms with Gasteiger partial charge in [-0.15, -0.1) is 0 Å². The van der Waals surface area contributed by atoms with E-state index in [4.69, 9.17) is 16.7 Å². The van der Waals surface area contributed by atoms with Gasteiger partial charge in [-0.25, -0.2) is 4.98 Å². The first-order valence-corrected chi connectivity index (χ1v) is 10.3. The molecule has 1 atom stereocenters. The molecule has 0 radical (unpaired) electrons.